The minimum absolute atomic E-state index is 0.169. The molecule has 0 radical (unpaired) electrons. The predicted molar refractivity (Wildman–Crippen MR) is 76.8 cm³/mol. The standard InChI is InChI=1S/C12H17N3O5S/c1-9-8-14(6-7-20-9)21(18,19)11-5-3-4-10(13-2)12(11)15(16)17/h3-5,9,13H,6-8H2,1-2H3. The number of para-hydroxylation sites is 1. The maximum absolute atomic E-state index is 12.7. The van der Waals surface area contributed by atoms with Crippen molar-refractivity contribution in [3.63, 3.8) is 0 Å². The molecule has 116 valence electrons. The number of rotatable bonds is 4. The lowest BCUT2D eigenvalue weighted by molar-refractivity contribution is -0.386. The van der Waals surface area contributed by atoms with E-state index in [4.69, 9.17) is 4.74 Å². The Morgan fingerprint density at radius 2 is 2.19 bits per heavy atom. The third kappa shape index (κ3) is 2.99. The maximum Gasteiger partial charge on any atom is 0.312 e. The van der Waals surface area contributed by atoms with Crippen molar-refractivity contribution < 1.29 is 18.1 Å². The SMILES string of the molecule is CNc1cccc(S(=O)(=O)N2CCOC(C)C2)c1[N+](=O)[O-]. The highest BCUT2D eigenvalue weighted by molar-refractivity contribution is 7.89. The van der Waals surface area contributed by atoms with E-state index in [1.165, 1.54) is 29.6 Å². The number of hydrogen-bond acceptors (Lipinski definition) is 6. The minimum Gasteiger partial charge on any atom is -0.383 e. The molecule has 1 aromatic carbocycles. The molecule has 1 aliphatic heterocycles. The zero-order valence-electron chi connectivity index (χ0n) is 11.8. The molecule has 1 N–H and O–H groups in total. The molecule has 0 saturated carbocycles. The van der Waals surface area contributed by atoms with Crippen LogP contribution in [0, 0.1) is 10.1 Å². The van der Waals surface area contributed by atoms with E-state index in [0.29, 0.717) is 0 Å². The topological polar surface area (TPSA) is 102 Å². The number of benzene rings is 1. The van der Waals surface area contributed by atoms with Crippen molar-refractivity contribution in [1.82, 2.24) is 4.31 Å². The Balaban J connectivity index is 2.52. The minimum atomic E-state index is -3.93. The summed E-state index contributed by atoms with van der Waals surface area (Å²) in [5.74, 6) is 0. The molecule has 1 unspecified atom stereocenters. The Morgan fingerprint density at radius 3 is 2.76 bits per heavy atom. The lowest BCUT2D eigenvalue weighted by atomic mass is 10.3. The fourth-order valence-electron chi connectivity index (χ4n) is 2.26. The predicted octanol–water partition coefficient (Wildman–Crippen LogP) is 1.05. The van der Waals surface area contributed by atoms with Crippen LogP contribution in [-0.2, 0) is 14.8 Å². The molecule has 0 spiro atoms. The number of nitrogens with zero attached hydrogens (tertiary/aromatic N) is 2. The van der Waals surface area contributed by atoms with Crippen LogP contribution in [0.4, 0.5) is 11.4 Å². The average molecular weight is 315 g/mol. The first kappa shape index (κ1) is 15.7. The molecule has 1 aliphatic rings. The first-order chi connectivity index (χ1) is 9.87. The van der Waals surface area contributed by atoms with Crippen LogP contribution in [0.1, 0.15) is 6.92 Å². The summed E-state index contributed by atoms with van der Waals surface area (Å²) in [6.45, 7) is 2.41. The third-order valence-corrected chi connectivity index (χ3v) is 5.17. The normalized spacial score (nSPS) is 20.2. The lowest BCUT2D eigenvalue weighted by Gasteiger charge is -2.30. The van der Waals surface area contributed by atoms with Crippen LogP contribution in [0.2, 0.25) is 0 Å². The van der Waals surface area contributed by atoms with Gasteiger partial charge in [0.1, 0.15) is 5.69 Å². The van der Waals surface area contributed by atoms with Gasteiger partial charge in [0, 0.05) is 20.1 Å². The Kier molecular flexibility index (Phi) is 4.45. The zero-order chi connectivity index (χ0) is 15.6. The van der Waals surface area contributed by atoms with Crippen molar-refractivity contribution in [3.05, 3.63) is 28.3 Å². The third-order valence-electron chi connectivity index (χ3n) is 3.27. The molecule has 1 atom stereocenters. The molecule has 8 nitrogen and oxygen atoms in total. The van der Waals surface area contributed by atoms with Gasteiger partial charge in [-0.15, -0.1) is 0 Å². The van der Waals surface area contributed by atoms with Crippen molar-refractivity contribution in [2.45, 2.75) is 17.9 Å². The second-order valence-corrected chi connectivity index (χ2v) is 6.61. The molecule has 9 heteroatoms. The van der Waals surface area contributed by atoms with Crippen molar-refractivity contribution in [3.8, 4) is 0 Å². The van der Waals surface area contributed by atoms with E-state index in [1.54, 1.807) is 6.92 Å². The summed E-state index contributed by atoms with van der Waals surface area (Å²) in [6, 6.07) is 4.21. The molecule has 2 rings (SSSR count). The van der Waals surface area contributed by atoms with Crippen molar-refractivity contribution in [1.29, 1.82) is 0 Å². The Bertz CT molecular complexity index is 646. The van der Waals surface area contributed by atoms with Gasteiger partial charge in [-0.05, 0) is 19.1 Å². The van der Waals surface area contributed by atoms with Crippen LogP contribution in [-0.4, -0.2) is 50.5 Å². The number of nitrogens with one attached hydrogen (secondary N) is 1. The summed E-state index contributed by atoms with van der Waals surface area (Å²) < 4.78 is 31.9. The van der Waals surface area contributed by atoms with Crippen LogP contribution in [0.5, 0.6) is 0 Å². The number of morpholine rings is 1. The summed E-state index contributed by atoms with van der Waals surface area (Å²) in [6.07, 6.45) is -0.236. The van der Waals surface area contributed by atoms with Crippen LogP contribution in [0.15, 0.2) is 23.1 Å². The molecule has 21 heavy (non-hydrogen) atoms. The van der Waals surface area contributed by atoms with Gasteiger partial charge < -0.3 is 10.1 Å². The van der Waals surface area contributed by atoms with Gasteiger partial charge in [0.15, 0.2) is 4.90 Å². The van der Waals surface area contributed by atoms with Gasteiger partial charge in [0.25, 0.3) is 0 Å². The van der Waals surface area contributed by atoms with Gasteiger partial charge in [0.2, 0.25) is 10.0 Å². The highest BCUT2D eigenvalue weighted by Gasteiger charge is 2.35. The van der Waals surface area contributed by atoms with Crippen LogP contribution in [0.3, 0.4) is 0 Å². The summed E-state index contributed by atoms with van der Waals surface area (Å²) in [7, 11) is -2.42. The van der Waals surface area contributed by atoms with Crippen LogP contribution < -0.4 is 5.32 Å². The van der Waals surface area contributed by atoms with E-state index in [0.717, 1.165) is 0 Å². The molecule has 1 fully saturated rings. The number of nitro benzene ring substituents is 1. The molecule has 1 heterocycles. The zero-order valence-corrected chi connectivity index (χ0v) is 12.6. The largest absolute Gasteiger partial charge is 0.383 e. The Morgan fingerprint density at radius 1 is 1.48 bits per heavy atom. The number of hydrogen-bond donors (Lipinski definition) is 1. The van der Waals surface area contributed by atoms with Gasteiger partial charge in [-0.1, -0.05) is 6.07 Å². The number of anilines is 1. The molecule has 0 aliphatic carbocycles. The van der Waals surface area contributed by atoms with Gasteiger partial charge in [-0.3, -0.25) is 10.1 Å². The van der Waals surface area contributed by atoms with E-state index >= 15 is 0 Å². The Hall–Kier alpha value is -1.71. The van der Waals surface area contributed by atoms with E-state index in [1.807, 2.05) is 0 Å². The van der Waals surface area contributed by atoms with Gasteiger partial charge >= 0.3 is 5.69 Å². The van der Waals surface area contributed by atoms with Crippen LogP contribution in [0.25, 0.3) is 0 Å². The monoisotopic (exact) mass is 315 g/mol. The summed E-state index contributed by atoms with van der Waals surface area (Å²) in [5, 5.41) is 13.9. The molecule has 0 amide bonds. The van der Waals surface area contributed by atoms with Crippen molar-refractivity contribution in [2.24, 2.45) is 0 Å². The summed E-state index contributed by atoms with van der Waals surface area (Å²) >= 11 is 0. The van der Waals surface area contributed by atoms with Gasteiger partial charge in [-0.2, -0.15) is 4.31 Å². The quantitative estimate of drug-likeness (QED) is 0.658. The van der Waals surface area contributed by atoms with E-state index < -0.39 is 20.6 Å². The fraction of sp³-hybridized carbons (Fsp3) is 0.500. The van der Waals surface area contributed by atoms with Crippen molar-refractivity contribution in [2.75, 3.05) is 32.1 Å². The van der Waals surface area contributed by atoms with Gasteiger partial charge in [-0.25, -0.2) is 8.42 Å². The second-order valence-electron chi connectivity index (χ2n) is 4.70. The summed E-state index contributed by atoms with van der Waals surface area (Å²) in [5.41, 5.74) is -0.262. The Labute approximate surface area is 122 Å². The molecule has 0 aromatic heterocycles. The number of nitro groups is 1. The van der Waals surface area contributed by atoms with Gasteiger partial charge in [0.05, 0.1) is 17.6 Å². The molecular formula is C12H17N3O5S. The van der Waals surface area contributed by atoms with E-state index in [2.05, 4.69) is 5.32 Å². The number of sulfonamides is 1. The lowest BCUT2D eigenvalue weighted by Crippen LogP contribution is -2.44. The molecule has 1 saturated heterocycles. The highest BCUT2D eigenvalue weighted by Crippen LogP contribution is 2.33. The molecule has 1 aromatic rings. The van der Waals surface area contributed by atoms with Crippen LogP contribution >= 0.6 is 0 Å². The maximum atomic E-state index is 12.7. The molecular weight excluding hydrogens is 298 g/mol. The smallest absolute Gasteiger partial charge is 0.312 e. The summed E-state index contributed by atoms with van der Waals surface area (Å²) in [4.78, 5) is 10.3. The first-order valence-corrected chi connectivity index (χ1v) is 7.89. The average Bonchev–Trinajstić information content (AvgIpc) is 2.46. The first-order valence-electron chi connectivity index (χ1n) is 6.45. The second kappa shape index (κ2) is 5.96. The highest BCUT2D eigenvalue weighted by atomic mass is 32.2. The van der Waals surface area contributed by atoms with Crippen molar-refractivity contribution >= 4 is 21.4 Å². The number of ether oxygens (including phenoxy) is 1. The van der Waals surface area contributed by atoms with E-state index in [-0.39, 0.29) is 36.4 Å². The fourth-order valence-corrected chi connectivity index (χ4v) is 3.94. The van der Waals surface area contributed by atoms with E-state index in [9.17, 15) is 18.5 Å². The molecule has 0 bridgehead atoms.